The lowest BCUT2D eigenvalue weighted by molar-refractivity contribution is -0.119. The van der Waals surface area contributed by atoms with Crippen LogP contribution < -0.4 is 14.4 Å². The number of hydrogen-bond donors (Lipinski definition) is 1. The van der Waals surface area contributed by atoms with Gasteiger partial charge >= 0.3 is 0 Å². The van der Waals surface area contributed by atoms with Gasteiger partial charge in [-0.25, -0.2) is 8.42 Å². The molecule has 1 amide bonds. The Labute approximate surface area is 190 Å². The Kier molecular flexibility index (Phi) is 8.53. The largest absolute Gasteiger partial charge is 0.495 e. The molecule has 0 radical (unpaired) electrons. The van der Waals surface area contributed by atoms with E-state index in [0.29, 0.717) is 37.1 Å². The first-order chi connectivity index (χ1) is 15.4. The van der Waals surface area contributed by atoms with E-state index in [1.165, 1.54) is 32.1 Å². The van der Waals surface area contributed by atoms with Gasteiger partial charge in [0.2, 0.25) is 5.91 Å². The van der Waals surface area contributed by atoms with Gasteiger partial charge in [-0.3, -0.25) is 9.10 Å². The maximum Gasteiger partial charge on any atom is 0.264 e. The number of sulfonamides is 1. The first-order valence-electron chi connectivity index (χ1n) is 11.0. The van der Waals surface area contributed by atoms with Crippen LogP contribution in [0.25, 0.3) is 0 Å². The molecule has 0 aromatic heterocycles. The molecule has 0 unspecified atom stereocenters. The highest BCUT2D eigenvalue weighted by Gasteiger charge is 2.29. The highest BCUT2D eigenvalue weighted by molar-refractivity contribution is 7.92. The molecule has 0 heterocycles. The number of methoxy groups -OCH3 is 1. The van der Waals surface area contributed by atoms with Crippen molar-refractivity contribution in [1.82, 2.24) is 5.32 Å². The van der Waals surface area contributed by atoms with Crippen LogP contribution in [0.3, 0.4) is 0 Å². The van der Waals surface area contributed by atoms with Crippen LogP contribution in [0.4, 0.5) is 5.69 Å². The predicted molar refractivity (Wildman–Crippen MR) is 125 cm³/mol. The van der Waals surface area contributed by atoms with E-state index in [-0.39, 0.29) is 17.3 Å². The molecule has 1 aliphatic rings. The van der Waals surface area contributed by atoms with Gasteiger partial charge in [-0.2, -0.15) is 0 Å². The molecule has 7 nitrogen and oxygen atoms in total. The van der Waals surface area contributed by atoms with E-state index >= 15 is 0 Å². The lowest BCUT2D eigenvalue weighted by atomic mass is 10.2. The SMILES string of the molecule is COc1ccc(C)cc1N(CC(=O)NCCCOC1CCCC1)S(=O)(=O)c1ccccc1. The summed E-state index contributed by atoms with van der Waals surface area (Å²) in [5.41, 5.74) is 1.19. The molecule has 1 saturated carbocycles. The standard InChI is InChI=1S/C24H32N2O5S/c1-19-13-14-23(30-2)22(17-19)26(32(28,29)21-11-4-3-5-12-21)18-24(27)25-15-8-16-31-20-9-6-7-10-20/h3-5,11-14,17,20H,6-10,15-16,18H2,1-2H3,(H,25,27). The molecule has 2 aromatic rings. The topological polar surface area (TPSA) is 84.9 Å². The van der Waals surface area contributed by atoms with Crippen molar-refractivity contribution in [2.75, 3.05) is 31.1 Å². The number of rotatable bonds is 11. The van der Waals surface area contributed by atoms with Crippen molar-refractivity contribution >= 4 is 21.6 Å². The van der Waals surface area contributed by atoms with Crippen molar-refractivity contribution in [2.24, 2.45) is 0 Å². The van der Waals surface area contributed by atoms with Gasteiger partial charge in [-0.15, -0.1) is 0 Å². The summed E-state index contributed by atoms with van der Waals surface area (Å²) in [7, 11) is -2.50. The van der Waals surface area contributed by atoms with Gasteiger partial charge in [0.15, 0.2) is 0 Å². The second kappa shape index (κ2) is 11.3. The molecule has 0 aliphatic heterocycles. The molecule has 0 atom stereocenters. The molecule has 32 heavy (non-hydrogen) atoms. The summed E-state index contributed by atoms with van der Waals surface area (Å²) in [4.78, 5) is 12.8. The normalized spacial score (nSPS) is 14.3. The van der Waals surface area contributed by atoms with Crippen molar-refractivity contribution in [3.05, 3.63) is 54.1 Å². The van der Waals surface area contributed by atoms with Crippen LogP contribution in [0.5, 0.6) is 5.75 Å². The molecule has 8 heteroatoms. The van der Waals surface area contributed by atoms with E-state index in [2.05, 4.69) is 5.32 Å². The van der Waals surface area contributed by atoms with Crippen LogP contribution in [0.2, 0.25) is 0 Å². The number of benzene rings is 2. The summed E-state index contributed by atoms with van der Waals surface area (Å²) in [5.74, 6) is 0.00167. The maximum absolute atomic E-state index is 13.4. The van der Waals surface area contributed by atoms with E-state index in [1.807, 2.05) is 13.0 Å². The number of carbonyl (C=O) groups excluding carboxylic acids is 1. The lowest BCUT2D eigenvalue weighted by Gasteiger charge is -2.26. The molecule has 3 rings (SSSR count). The molecule has 0 bridgehead atoms. The summed E-state index contributed by atoms with van der Waals surface area (Å²) in [6.45, 7) is 2.53. The Morgan fingerprint density at radius 2 is 1.84 bits per heavy atom. The summed E-state index contributed by atoms with van der Waals surface area (Å²) in [5, 5.41) is 2.82. The fraction of sp³-hybridized carbons (Fsp3) is 0.458. The monoisotopic (exact) mass is 460 g/mol. The Hall–Kier alpha value is -2.58. The molecular weight excluding hydrogens is 428 g/mol. The second-order valence-electron chi connectivity index (χ2n) is 7.98. The average Bonchev–Trinajstić information content (AvgIpc) is 3.31. The third-order valence-electron chi connectivity index (χ3n) is 5.52. The lowest BCUT2D eigenvalue weighted by Crippen LogP contribution is -2.41. The molecule has 1 aliphatic carbocycles. The first kappa shape index (κ1) is 24.1. The fourth-order valence-electron chi connectivity index (χ4n) is 3.81. The number of anilines is 1. The predicted octanol–water partition coefficient (Wildman–Crippen LogP) is 3.66. The zero-order valence-corrected chi connectivity index (χ0v) is 19.6. The van der Waals surface area contributed by atoms with Crippen LogP contribution >= 0.6 is 0 Å². The highest BCUT2D eigenvalue weighted by atomic mass is 32.2. The van der Waals surface area contributed by atoms with E-state index in [0.717, 1.165) is 22.7 Å². The Morgan fingerprint density at radius 3 is 2.53 bits per heavy atom. The summed E-state index contributed by atoms with van der Waals surface area (Å²) in [6.07, 6.45) is 5.67. The van der Waals surface area contributed by atoms with Gasteiger partial charge in [0.1, 0.15) is 12.3 Å². The van der Waals surface area contributed by atoms with E-state index in [1.54, 1.807) is 30.3 Å². The molecule has 1 fully saturated rings. The number of nitrogens with one attached hydrogen (secondary N) is 1. The number of ether oxygens (including phenoxy) is 2. The van der Waals surface area contributed by atoms with Gasteiger partial charge in [-0.1, -0.05) is 37.1 Å². The number of nitrogens with zero attached hydrogens (tertiary/aromatic N) is 1. The van der Waals surface area contributed by atoms with Crippen LogP contribution in [0.1, 0.15) is 37.7 Å². The number of amides is 1. The maximum atomic E-state index is 13.4. The first-order valence-corrected chi connectivity index (χ1v) is 12.5. The summed E-state index contributed by atoms with van der Waals surface area (Å²) >= 11 is 0. The molecule has 0 spiro atoms. The molecular formula is C24H32N2O5S. The van der Waals surface area contributed by atoms with Gasteiger partial charge in [-0.05, 0) is 56.0 Å². The Bertz CT molecular complexity index is 989. The quantitative estimate of drug-likeness (QED) is 0.517. The van der Waals surface area contributed by atoms with Gasteiger partial charge < -0.3 is 14.8 Å². The minimum atomic E-state index is -3.98. The van der Waals surface area contributed by atoms with Gasteiger partial charge in [0.05, 0.1) is 23.8 Å². The van der Waals surface area contributed by atoms with Gasteiger partial charge in [0, 0.05) is 13.2 Å². The zero-order chi connectivity index (χ0) is 23.0. The minimum absolute atomic E-state index is 0.112. The minimum Gasteiger partial charge on any atom is -0.495 e. The van der Waals surface area contributed by atoms with Crippen molar-refractivity contribution in [3.63, 3.8) is 0 Å². The number of carbonyl (C=O) groups is 1. The van der Waals surface area contributed by atoms with E-state index in [4.69, 9.17) is 9.47 Å². The van der Waals surface area contributed by atoms with Crippen molar-refractivity contribution < 1.29 is 22.7 Å². The van der Waals surface area contributed by atoms with Crippen molar-refractivity contribution in [1.29, 1.82) is 0 Å². The highest BCUT2D eigenvalue weighted by Crippen LogP contribution is 2.33. The summed E-state index contributed by atoms with van der Waals surface area (Å²) in [6, 6.07) is 13.3. The van der Waals surface area contributed by atoms with Crippen molar-refractivity contribution in [3.8, 4) is 5.75 Å². The molecule has 0 saturated heterocycles. The van der Waals surface area contributed by atoms with Gasteiger partial charge in [0.25, 0.3) is 10.0 Å². The fourth-order valence-corrected chi connectivity index (χ4v) is 5.25. The number of hydrogen-bond acceptors (Lipinski definition) is 5. The van der Waals surface area contributed by atoms with Crippen LogP contribution in [-0.4, -0.2) is 47.2 Å². The van der Waals surface area contributed by atoms with Crippen LogP contribution in [0, 0.1) is 6.92 Å². The van der Waals surface area contributed by atoms with Crippen LogP contribution in [0.15, 0.2) is 53.4 Å². The third-order valence-corrected chi connectivity index (χ3v) is 7.29. The summed E-state index contributed by atoms with van der Waals surface area (Å²) < 4.78 is 39.2. The Morgan fingerprint density at radius 1 is 1.12 bits per heavy atom. The van der Waals surface area contributed by atoms with Crippen molar-refractivity contribution in [2.45, 2.75) is 50.0 Å². The smallest absolute Gasteiger partial charge is 0.264 e. The zero-order valence-electron chi connectivity index (χ0n) is 18.7. The third kappa shape index (κ3) is 6.23. The number of aryl methyl sites for hydroxylation is 1. The second-order valence-corrected chi connectivity index (χ2v) is 9.84. The Balaban J connectivity index is 1.71. The van der Waals surface area contributed by atoms with E-state index in [9.17, 15) is 13.2 Å². The average molecular weight is 461 g/mol. The molecule has 174 valence electrons. The molecule has 2 aromatic carbocycles. The molecule has 1 N–H and O–H groups in total. The van der Waals surface area contributed by atoms with Crippen LogP contribution in [-0.2, 0) is 19.6 Å². The van der Waals surface area contributed by atoms with E-state index < -0.39 is 10.0 Å².